The van der Waals surface area contributed by atoms with E-state index in [0.717, 1.165) is 18.5 Å². The first-order chi connectivity index (χ1) is 11.3. The van der Waals surface area contributed by atoms with Gasteiger partial charge in [0, 0.05) is 6.04 Å². The summed E-state index contributed by atoms with van der Waals surface area (Å²) in [6.45, 7) is 4.35. The Bertz CT molecular complexity index is 406. The molecule has 2 saturated heterocycles. The summed E-state index contributed by atoms with van der Waals surface area (Å²) in [6.07, 6.45) is 9.58. The second-order valence-corrected chi connectivity index (χ2v) is 6.67. The molecule has 3 aliphatic rings. The zero-order valence-corrected chi connectivity index (χ0v) is 14.1. The van der Waals surface area contributed by atoms with Gasteiger partial charge in [-0.25, -0.2) is 0 Å². The van der Waals surface area contributed by atoms with Crippen molar-refractivity contribution < 1.29 is 18.9 Å². The van der Waals surface area contributed by atoms with Gasteiger partial charge in [0.25, 0.3) is 0 Å². The lowest BCUT2D eigenvalue weighted by atomic mass is 9.85. The maximum Gasteiger partial charge on any atom is 0.183 e. The average Bonchev–Trinajstić information content (AvgIpc) is 3.07. The van der Waals surface area contributed by atoms with Crippen LogP contribution in [0.25, 0.3) is 0 Å². The molecule has 0 aromatic carbocycles. The van der Waals surface area contributed by atoms with Crippen LogP contribution in [0.1, 0.15) is 45.4 Å². The monoisotopic (exact) mass is 321 g/mol. The van der Waals surface area contributed by atoms with Crippen LogP contribution in [-0.2, 0) is 18.9 Å². The maximum absolute atomic E-state index is 6.34. The van der Waals surface area contributed by atoms with Gasteiger partial charge in [-0.3, -0.25) is 0 Å². The molecule has 0 spiro atoms. The molecule has 6 heteroatoms. The Balaban J connectivity index is 1.53. The number of nitrogens with zero attached hydrogens (tertiary/aromatic N) is 1. The van der Waals surface area contributed by atoms with Crippen LogP contribution in [0.15, 0.2) is 11.6 Å². The predicted octanol–water partition coefficient (Wildman–Crippen LogP) is 2.16. The molecule has 0 amide bonds. The van der Waals surface area contributed by atoms with E-state index >= 15 is 0 Å². The molecule has 0 aromatic rings. The molecular formula is C17H28BNO4. The molecule has 3 rings (SSSR count). The summed E-state index contributed by atoms with van der Waals surface area (Å²) in [5, 5.41) is 0. The van der Waals surface area contributed by atoms with Crippen molar-refractivity contribution in [3.63, 3.8) is 0 Å². The Morgan fingerprint density at radius 1 is 1.04 bits per heavy atom. The van der Waals surface area contributed by atoms with Crippen molar-refractivity contribution in [2.75, 3.05) is 26.7 Å². The minimum absolute atomic E-state index is 0.0368. The number of hydrogen-bond donors (Lipinski definition) is 0. The summed E-state index contributed by atoms with van der Waals surface area (Å²) in [5.41, 5.74) is 1.13. The van der Waals surface area contributed by atoms with Crippen molar-refractivity contribution in [2.24, 2.45) is 0 Å². The van der Waals surface area contributed by atoms with E-state index < -0.39 is 0 Å². The van der Waals surface area contributed by atoms with Crippen LogP contribution in [0.3, 0.4) is 0 Å². The molecule has 1 aliphatic carbocycles. The van der Waals surface area contributed by atoms with Crippen LogP contribution >= 0.6 is 0 Å². The summed E-state index contributed by atoms with van der Waals surface area (Å²) in [4.78, 5) is 1.91. The van der Waals surface area contributed by atoms with E-state index in [1.165, 1.54) is 32.1 Å². The van der Waals surface area contributed by atoms with Gasteiger partial charge in [0.2, 0.25) is 0 Å². The van der Waals surface area contributed by atoms with Crippen molar-refractivity contribution in [2.45, 2.75) is 69.8 Å². The Morgan fingerprint density at radius 2 is 1.83 bits per heavy atom. The van der Waals surface area contributed by atoms with E-state index in [9.17, 15) is 0 Å². The minimum atomic E-state index is -0.0699. The lowest BCUT2D eigenvalue weighted by Crippen LogP contribution is -2.55. The number of rotatable bonds is 8. The molecule has 0 aromatic heterocycles. The molecule has 0 bridgehead atoms. The first-order valence-electron chi connectivity index (χ1n) is 8.95. The number of hydrogen-bond acceptors (Lipinski definition) is 5. The van der Waals surface area contributed by atoms with Crippen LogP contribution in [0.5, 0.6) is 0 Å². The van der Waals surface area contributed by atoms with Gasteiger partial charge in [0.1, 0.15) is 31.9 Å². The van der Waals surface area contributed by atoms with E-state index in [0.29, 0.717) is 20.2 Å². The molecule has 2 unspecified atom stereocenters. The van der Waals surface area contributed by atoms with Gasteiger partial charge in [-0.15, -0.1) is 0 Å². The van der Waals surface area contributed by atoms with Gasteiger partial charge >= 0.3 is 0 Å². The summed E-state index contributed by atoms with van der Waals surface area (Å²) in [6, 6.07) is 0.0368. The topological polar surface area (TPSA) is 40.2 Å². The smallest absolute Gasteiger partial charge is 0.183 e. The third kappa shape index (κ3) is 4.17. The maximum atomic E-state index is 6.34. The first-order valence-corrected chi connectivity index (χ1v) is 8.95. The summed E-state index contributed by atoms with van der Waals surface area (Å²) in [5.74, 6) is 0. The molecule has 2 aliphatic heterocycles. The molecule has 2 fully saturated rings. The number of unbranched alkanes of at least 4 members (excludes halogenated alkanes) is 5. The van der Waals surface area contributed by atoms with Crippen molar-refractivity contribution in [3.8, 4) is 0 Å². The van der Waals surface area contributed by atoms with Crippen molar-refractivity contribution in [1.82, 2.24) is 4.81 Å². The van der Waals surface area contributed by atoms with E-state index in [4.69, 9.17) is 26.9 Å². The summed E-state index contributed by atoms with van der Waals surface area (Å²) in [7, 11) is 6.34. The fraction of sp³-hybridized carbons (Fsp3) is 0.882. The van der Waals surface area contributed by atoms with Gasteiger partial charge in [-0.2, -0.15) is 0 Å². The lowest BCUT2D eigenvalue weighted by molar-refractivity contribution is -0.149. The molecule has 23 heavy (non-hydrogen) atoms. The summed E-state index contributed by atoms with van der Waals surface area (Å²) < 4.78 is 22.7. The van der Waals surface area contributed by atoms with E-state index in [1.54, 1.807) is 0 Å². The highest BCUT2D eigenvalue weighted by molar-refractivity contribution is 6.04. The molecule has 2 radical (unpaired) electrons. The number of fused-ring (bicyclic) bond motifs is 3. The Labute approximate surface area is 140 Å². The fourth-order valence-electron chi connectivity index (χ4n) is 3.68. The minimum Gasteiger partial charge on any atom is -0.351 e. The normalized spacial score (nSPS) is 33.4. The third-order valence-corrected chi connectivity index (χ3v) is 4.98. The van der Waals surface area contributed by atoms with Crippen molar-refractivity contribution in [3.05, 3.63) is 11.6 Å². The van der Waals surface area contributed by atoms with E-state index in [2.05, 4.69) is 13.0 Å². The van der Waals surface area contributed by atoms with E-state index in [-0.39, 0.29) is 24.4 Å². The standard InChI is InChI=1S/C17H28BNO4/c1-2-3-4-5-6-7-8-19(18)14-9-13-10-20-11-21-15(13)17-16(14)22-12-23-17/h9,14-17H,2-8,10-12H2,1H3/t14-,15+,16?,17?/m1/s1. The first kappa shape index (κ1) is 17.4. The molecular weight excluding hydrogens is 293 g/mol. The van der Waals surface area contributed by atoms with Crippen molar-refractivity contribution >= 4 is 7.98 Å². The molecule has 0 N–H and O–H groups in total. The van der Waals surface area contributed by atoms with Crippen LogP contribution in [-0.4, -0.2) is 63.9 Å². The lowest BCUT2D eigenvalue weighted by Gasteiger charge is -2.42. The van der Waals surface area contributed by atoms with Gasteiger partial charge in [-0.05, 0) is 18.5 Å². The van der Waals surface area contributed by atoms with Crippen molar-refractivity contribution in [1.29, 1.82) is 0 Å². The highest BCUT2D eigenvalue weighted by atomic mass is 16.7. The highest BCUT2D eigenvalue weighted by Gasteiger charge is 2.47. The second kappa shape index (κ2) is 8.63. The second-order valence-electron chi connectivity index (χ2n) is 6.67. The van der Waals surface area contributed by atoms with Gasteiger partial charge in [-0.1, -0.05) is 45.1 Å². The fourth-order valence-corrected chi connectivity index (χ4v) is 3.68. The number of ether oxygens (including phenoxy) is 4. The zero-order chi connectivity index (χ0) is 16.1. The zero-order valence-electron chi connectivity index (χ0n) is 14.1. The average molecular weight is 321 g/mol. The molecule has 0 saturated carbocycles. The van der Waals surface area contributed by atoms with Gasteiger partial charge in [0.15, 0.2) is 7.98 Å². The Kier molecular flexibility index (Phi) is 6.54. The summed E-state index contributed by atoms with van der Waals surface area (Å²) >= 11 is 0. The van der Waals surface area contributed by atoms with E-state index in [1.807, 2.05) is 4.81 Å². The quantitative estimate of drug-likeness (QED) is 0.389. The molecule has 2 heterocycles. The van der Waals surface area contributed by atoms with Crippen LogP contribution in [0.2, 0.25) is 0 Å². The predicted molar refractivity (Wildman–Crippen MR) is 88.0 cm³/mol. The Hall–Kier alpha value is -0.395. The third-order valence-electron chi connectivity index (χ3n) is 4.98. The van der Waals surface area contributed by atoms with Gasteiger partial charge < -0.3 is 23.8 Å². The highest BCUT2D eigenvalue weighted by Crippen LogP contribution is 2.34. The Morgan fingerprint density at radius 3 is 2.70 bits per heavy atom. The van der Waals surface area contributed by atoms with Gasteiger partial charge in [0.05, 0.1) is 6.61 Å². The molecule has 4 atom stereocenters. The largest absolute Gasteiger partial charge is 0.351 e. The van der Waals surface area contributed by atoms with Crippen LogP contribution < -0.4 is 0 Å². The molecule has 5 nitrogen and oxygen atoms in total. The van der Waals surface area contributed by atoms with Crippen LogP contribution in [0.4, 0.5) is 0 Å². The molecule has 128 valence electrons. The van der Waals surface area contributed by atoms with Crippen LogP contribution in [0, 0.1) is 0 Å². The SMILES string of the molecule is [B]N(CCCCCCCC)[C@@H]1C=C2COCO[C@@H]2C2OCOC21.